The van der Waals surface area contributed by atoms with Crippen molar-refractivity contribution in [2.45, 2.75) is 39.2 Å². The van der Waals surface area contributed by atoms with Crippen molar-refractivity contribution in [3.63, 3.8) is 0 Å². The molecule has 0 amide bonds. The second-order valence-corrected chi connectivity index (χ2v) is 5.89. The van der Waals surface area contributed by atoms with Crippen LogP contribution in [-0.4, -0.2) is 9.55 Å². The number of hydrogen-bond donors (Lipinski definition) is 1. The Hall–Kier alpha value is -1.77. The van der Waals surface area contributed by atoms with Gasteiger partial charge in [-0.15, -0.1) is 0 Å². The molecule has 0 bridgehead atoms. The molecule has 1 fully saturated rings. The Labute approximate surface area is 114 Å². The smallest absolute Gasteiger partial charge is 0.131 e. The van der Waals surface area contributed by atoms with Gasteiger partial charge < -0.3 is 10.3 Å². The molecule has 1 saturated carbocycles. The van der Waals surface area contributed by atoms with Crippen molar-refractivity contribution in [1.29, 1.82) is 0 Å². The molecule has 0 radical (unpaired) electrons. The summed E-state index contributed by atoms with van der Waals surface area (Å²) in [5.74, 6) is 2.08. The third-order valence-corrected chi connectivity index (χ3v) is 3.67. The molecule has 3 nitrogen and oxygen atoms in total. The molecule has 1 aliphatic carbocycles. The molecule has 1 heterocycles. The summed E-state index contributed by atoms with van der Waals surface area (Å²) in [7, 11) is 0. The number of anilines is 1. The summed E-state index contributed by atoms with van der Waals surface area (Å²) in [6, 6.07) is 8.54. The Bertz CT molecular complexity index is 579. The zero-order valence-electron chi connectivity index (χ0n) is 11.6. The van der Waals surface area contributed by atoms with E-state index >= 15 is 0 Å². The van der Waals surface area contributed by atoms with Crippen molar-refractivity contribution in [2.24, 2.45) is 5.92 Å². The van der Waals surface area contributed by atoms with Crippen LogP contribution in [0.25, 0.3) is 11.3 Å². The van der Waals surface area contributed by atoms with Crippen molar-refractivity contribution in [3.05, 3.63) is 36.2 Å². The summed E-state index contributed by atoms with van der Waals surface area (Å²) in [6.45, 7) is 5.30. The van der Waals surface area contributed by atoms with E-state index in [0.717, 1.165) is 18.1 Å². The minimum absolute atomic E-state index is 0.572. The van der Waals surface area contributed by atoms with Gasteiger partial charge in [0.1, 0.15) is 11.5 Å². The maximum absolute atomic E-state index is 6.27. The molecule has 2 aromatic rings. The highest BCUT2D eigenvalue weighted by Crippen LogP contribution is 2.44. The first-order valence-electron chi connectivity index (χ1n) is 7.06. The van der Waals surface area contributed by atoms with Crippen LogP contribution in [0.4, 0.5) is 5.82 Å². The average Bonchev–Trinajstić information content (AvgIpc) is 3.17. The normalized spacial score (nSPS) is 15.1. The van der Waals surface area contributed by atoms with E-state index in [1.807, 2.05) is 6.33 Å². The fourth-order valence-electron chi connectivity index (χ4n) is 2.60. The monoisotopic (exact) mass is 255 g/mol. The van der Waals surface area contributed by atoms with E-state index in [9.17, 15) is 0 Å². The summed E-state index contributed by atoms with van der Waals surface area (Å²) in [5, 5.41) is 0. The number of benzene rings is 1. The van der Waals surface area contributed by atoms with Gasteiger partial charge in [0.15, 0.2) is 0 Å². The van der Waals surface area contributed by atoms with Crippen LogP contribution in [0.1, 0.15) is 38.2 Å². The minimum atomic E-state index is 0.572. The molecule has 1 aromatic carbocycles. The highest BCUT2D eigenvalue weighted by atomic mass is 15.1. The van der Waals surface area contributed by atoms with Crippen LogP contribution in [-0.2, 0) is 6.54 Å². The van der Waals surface area contributed by atoms with Gasteiger partial charge in [0.25, 0.3) is 0 Å². The lowest BCUT2D eigenvalue weighted by atomic mass is 10.0. The second kappa shape index (κ2) is 4.72. The number of aromatic nitrogens is 2. The summed E-state index contributed by atoms with van der Waals surface area (Å²) < 4.78 is 2.06. The summed E-state index contributed by atoms with van der Waals surface area (Å²) in [6.07, 6.45) is 4.46. The van der Waals surface area contributed by atoms with E-state index in [4.69, 9.17) is 5.73 Å². The number of imidazole rings is 1. The highest BCUT2D eigenvalue weighted by Gasteiger charge is 2.27. The highest BCUT2D eigenvalue weighted by molar-refractivity contribution is 5.74. The van der Waals surface area contributed by atoms with Gasteiger partial charge in [0.2, 0.25) is 0 Å². The number of nitrogens with two attached hydrogens (primary N) is 1. The van der Waals surface area contributed by atoms with E-state index in [0.29, 0.717) is 11.8 Å². The van der Waals surface area contributed by atoms with E-state index in [1.165, 1.54) is 24.0 Å². The van der Waals surface area contributed by atoms with E-state index in [-0.39, 0.29) is 0 Å². The molecule has 100 valence electrons. The molecule has 0 aliphatic heterocycles. The van der Waals surface area contributed by atoms with Crippen LogP contribution < -0.4 is 5.73 Å². The third kappa shape index (κ3) is 2.37. The maximum Gasteiger partial charge on any atom is 0.131 e. The van der Waals surface area contributed by atoms with Crippen LogP contribution in [0.5, 0.6) is 0 Å². The molecule has 19 heavy (non-hydrogen) atoms. The van der Waals surface area contributed by atoms with Crippen LogP contribution in [0.3, 0.4) is 0 Å². The maximum atomic E-state index is 6.27. The van der Waals surface area contributed by atoms with E-state index in [2.05, 4.69) is 47.7 Å². The van der Waals surface area contributed by atoms with Crippen LogP contribution >= 0.6 is 0 Å². The standard InChI is InChI=1S/C16H21N3/c1-11(2)9-19-10-18-15(16(19)17)14-6-4-3-5-13(14)12-7-8-12/h3-6,10-12H,7-9,17H2,1-2H3. The fourth-order valence-corrected chi connectivity index (χ4v) is 2.60. The van der Waals surface area contributed by atoms with Gasteiger partial charge in [-0.1, -0.05) is 38.1 Å². The Balaban J connectivity index is 2.00. The lowest BCUT2D eigenvalue weighted by Crippen LogP contribution is -2.07. The largest absolute Gasteiger partial charge is 0.383 e. The molecular formula is C16H21N3. The first-order valence-corrected chi connectivity index (χ1v) is 7.06. The van der Waals surface area contributed by atoms with Gasteiger partial charge in [-0.25, -0.2) is 4.98 Å². The van der Waals surface area contributed by atoms with Gasteiger partial charge in [0, 0.05) is 12.1 Å². The Morgan fingerprint density at radius 1 is 1.32 bits per heavy atom. The summed E-state index contributed by atoms with van der Waals surface area (Å²) >= 11 is 0. The Morgan fingerprint density at radius 3 is 2.74 bits per heavy atom. The molecule has 0 spiro atoms. The zero-order valence-corrected chi connectivity index (χ0v) is 11.6. The molecule has 0 unspecified atom stereocenters. The SMILES string of the molecule is CC(C)Cn1cnc(-c2ccccc2C2CC2)c1N. The van der Waals surface area contributed by atoms with Crippen molar-refractivity contribution in [1.82, 2.24) is 9.55 Å². The minimum Gasteiger partial charge on any atom is -0.383 e. The van der Waals surface area contributed by atoms with Crippen molar-refractivity contribution >= 4 is 5.82 Å². The van der Waals surface area contributed by atoms with Gasteiger partial charge in [-0.05, 0) is 30.2 Å². The molecule has 1 aromatic heterocycles. The lowest BCUT2D eigenvalue weighted by molar-refractivity contribution is 0.527. The average molecular weight is 255 g/mol. The number of nitrogen functional groups attached to an aromatic ring is 1. The van der Waals surface area contributed by atoms with Gasteiger partial charge in [-0.2, -0.15) is 0 Å². The number of hydrogen-bond acceptors (Lipinski definition) is 2. The molecule has 3 rings (SSSR count). The van der Waals surface area contributed by atoms with Gasteiger partial charge in [0.05, 0.1) is 6.33 Å². The van der Waals surface area contributed by atoms with Gasteiger partial charge >= 0.3 is 0 Å². The predicted molar refractivity (Wildman–Crippen MR) is 78.9 cm³/mol. The first-order chi connectivity index (χ1) is 9.16. The Kier molecular flexibility index (Phi) is 3.05. The topological polar surface area (TPSA) is 43.8 Å². The lowest BCUT2D eigenvalue weighted by Gasteiger charge is -2.10. The van der Waals surface area contributed by atoms with E-state index in [1.54, 1.807) is 0 Å². The molecule has 0 atom stereocenters. The summed E-state index contributed by atoms with van der Waals surface area (Å²) in [5.41, 5.74) is 9.84. The zero-order chi connectivity index (χ0) is 13.4. The van der Waals surface area contributed by atoms with Crippen LogP contribution in [0.2, 0.25) is 0 Å². The fraction of sp³-hybridized carbons (Fsp3) is 0.438. The first kappa shape index (κ1) is 12.3. The summed E-state index contributed by atoms with van der Waals surface area (Å²) in [4.78, 5) is 4.55. The molecule has 0 saturated heterocycles. The van der Waals surface area contributed by atoms with Crippen LogP contribution in [0.15, 0.2) is 30.6 Å². The molecule has 3 heteroatoms. The van der Waals surface area contributed by atoms with Crippen molar-refractivity contribution < 1.29 is 0 Å². The molecular weight excluding hydrogens is 234 g/mol. The van der Waals surface area contributed by atoms with Crippen molar-refractivity contribution in [2.75, 3.05) is 5.73 Å². The third-order valence-electron chi connectivity index (χ3n) is 3.67. The van der Waals surface area contributed by atoms with Crippen molar-refractivity contribution in [3.8, 4) is 11.3 Å². The predicted octanol–water partition coefficient (Wildman–Crippen LogP) is 3.67. The van der Waals surface area contributed by atoms with Gasteiger partial charge in [-0.3, -0.25) is 0 Å². The van der Waals surface area contributed by atoms with E-state index < -0.39 is 0 Å². The number of rotatable bonds is 4. The Morgan fingerprint density at radius 2 is 2.05 bits per heavy atom. The molecule has 1 aliphatic rings. The van der Waals surface area contributed by atoms with Crippen LogP contribution in [0, 0.1) is 5.92 Å². The second-order valence-electron chi connectivity index (χ2n) is 5.89. The molecule has 2 N–H and O–H groups in total. The quantitative estimate of drug-likeness (QED) is 0.906. The number of nitrogens with zero attached hydrogens (tertiary/aromatic N) is 2.